The van der Waals surface area contributed by atoms with Crippen molar-refractivity contribution in [3.8, 4) is 28.5 Å². The molecule has 0 saturated carbocycles. The lowest BCUT2D eigenvalue weighted by molar-refractivity contribution is -0.114. The number of hydrogen-bond acceptors (Lipinski definition) is 8. The van der Waals surface area contributed by atoms with Crippen LogP contribution >= 0.6 is 0 Å². The van der Waals surface area contributed by atoms with E-state index in [1.165, 1.54) is 28.3 Å². The van der Waals surface area contributed by atoms with E-state index in [4.69, 9.17) is 26.5 Å². The first kappa shape index (κ1) is 22.2. The van der Waals surface area contributed by atoms with E-state index >= 15 is 0 Å². The van der Waals surface area contributed by atoms with Gasteiger partial charge >= 0.3 is 5.82 Å². The lowest BCUT2D eigenvalue weighted by Gasteiger charge is -2.16. The lowest BCUT2D eigenvalue weighted by Crippen LogP contribution is -2.06. The standard InChI is InChI=1S/C22H22N6O4/c1-12(29)25-14-8-6-7-13(9-14)18-20(23)28-21(24-2)22(27-18)26-15-10-16(30-3)19(32-5)17(11-15)31-4/h6-11H,1,3-5H3,(H2,23,28)(H,25,29)(H,26,27). The molecule has 164 valence electrons. The zero-order valence-corrected chi connectivity index (χ0v) is 18.0. The molecule has 0 atom stereocenters. The SMILES string of the molecule is [C-]#[N+]c1nc(N)c(-c2cccc(NC(C)=O)c2)nc1Nc1cc(OC)c(OC)c(OC)c1. The van der Waals surface area contributed by atoms with E-state index in [1.807, 2.05) is 0 Å². The van der Waals surface area contributed by atoms with Gasteiger partial charge < -0.3 is 35.4 Å². The minimum absolute atomic E-state index is 0.00184. The molecule has 32 heavy (non-hydrogen) atoms. The number of carbonyl (C=O) groups excluding carboxylic acids is 1. The molecule has 0 spiro atoms. The molecule has 0 aliphatic carbocycles. The van der Waals surface area contributed by atoms with Gasteiger partial charge in [0.1, 0.15) is 5.69 Å². The number of anilines is 4. The van der Waals surface area contributed by atoms with Crippen LogP contribution in [0.3, 0.4) is 0 Å². The molecule has 0 radical (unpaired) electrons. The first-order valence-corrected chi connectivity index (χ1v) is 9.40. The molecule has 0 aliphatic rings. The Morgan fingerprint density at radius 1 is 1.03 bits per heavy atom. The number of ether oxygens (including phenoxy) is 3. The van der Waals surface area contributed by atoms with E-state index in [9.17, 15) is 4.79 Å². The van der Waals surface area contributed by atoms with Crippen LogP contribution < -0.4 is 30.6 Å². The molecule has 0 saturated heterocycles. The summed E-state index contributed by atoms with van der Waals surface area (Å²) in [6.45, 7) is 8.89. The molecule has 1 heterocycles. The van der Waals surface area contributed by atoms with Crippen molar-refractivity contribution in [2.45, 2.75) is 6.92 Å². The number of hydrogen-bond donors (Lipinski definition) is 3. The molecule has 4 N–H and O–H groups in total. The Labute approximate surface area is 185 Å². The number of nitrogens with two attached hydrogens (primary N) is 1. The van der Waals surface area contributed by atoms with Crippen molar-refractivity contribution in [2.24, 2.45) is 0 Å². The number of methoxy groups -OCH3 is 3. The molecule has 2 aromatic carbocycles. The van der Waals surface area contributed by atoms with Crippen molar-refractivity contribution in [1.29, 1.82) is 0 Å². The highest BCUT2D eigenvalue weighted by atomic mass is 16.5. The Kier molecular flexibility index (Phi) is 6.60. The topological polar surface area (TPSA) is 125 Å². The Hall–Kier alpha value is -4.52. The van der Waals surface area contributed by atoms with Gasteiger partial charge in [-0.2, -0.15) is 0 Å². The first-order chi connectivity index (χ1) is 15.4. The second-order valence-electron chi connectivity index (χ2n) is 6.54. The van der Waals surface area contributed by atoms with E-state index in [2.05, 4.69) is 25.4 Å². The highest BCUT2D eigenvalue weighted by Gasteiger charge is 2.19. The molecule has 10 nitrogen and oxygen atoms in total. The third-order valence-electron chi connectivity index (χ3n) is 4.39. The Morgan fingerprint density at radius 2 is 1.72 bits per heavy atom. The number of nitrogens with zero attached hydrogens (tertiary/aromatic N) is 3. The monoisotopic (exact) mass is 434 g/mol. The van der Waals surface area contributed by atoms with Gasteiger partial charge in [0.2, 0.25) is 17.5 Å². The first-order valence-electron chi connectivity index (χ1n) is 9.40. The van der Waals surface area contributed by atoms with Crippen LogP contribution in [-0.4, -0.2) is 37.2 Å². The average Bonchev–Trinajstić information content (AvgIpc) is 2.78. The summed E-state index contributed by atoms with van der Waals surface area (Å²) in [5.41, 5.74) is 8.20. The molecule has 0 aliphatic heterocycles. The quantitative estimate of drug-likeness (QED) is 0.477. The van der Waals surface area contributed by atoms with Crippen LogP contribution in [0, 0.1) is 6.57 Å². The van der Waals surface area contributed by atoms with Gasteiger partial charge in [-0.1, -0.05) is 23.7 Å². The van der Waals surface area contributed by atoms with E-state index in [-0.39, 0.29) is 23.4 Å². The number of benzene rings is 2. The third-order valence-corrected chi connectivity index (χ3v) is 4.39. The van der Waals surface area contributed by atoms with Crippen molar-refractivity contribution >= 4 is 34.7 Å². The molecule has 0 bridgehead atoms. The molecule has 0 fully saturated rings. The number of nitrogen functional groups attached to an aromatic ring is 1. The zero-order chi connectivity index (χ0) is 23.3. The van der Waals surface area contributed by atoms with Crippen LogP contribution in [0.2, 0.25) is 0 Å². The molecule has 10 heteroatoms. The Balaban J connectivity index is 2.07. The van der Waals surface area contributed by atoms with Crippen LogP contribution in [-0.2, 0) is 4.79 Å². The van der Waals surface area contributed by atoms with Crippen molar-refractivity contribution in [3.05, 3.63) is 47.8 Å². The van der Waals surface area contributed by atoms with Crippen LogP contribution in [0.1, 0.15) is 6.92 Å². The van der Waals surface area contributed by atoms with Crippen molar-refractivity contribution in [3.63, 3.8) is 0 Å². The van der Waals surface area contributed by atoms with E-state index < -0.39 is 0 Å². The number of rotatable bonds is 7. The zero-order valence-electron chi connectivity index (χ0n) is 18.0. The number of amides is 1. The highest BCUT2D eigenvalue weighted by Crippen LogP contribution is 2.41. The molecule has 0 unspecified atom stereocenters. The fourth-order valence-corrected chi connectivity index (χ4v) is 3.05. The number of nitrogens with one attached hydrogen (secondary N) is 2. The summed E-state index contributed by atoms with van der Waals surface area (Å²) in [7, 11) is 4.53. The van der Waals surface area contributed by atoms with Crippen LogP contribution in [0.25, 0.3) is 16.1 Å². The van der Waals surface area contributed by atoms with Crippen molar-refractivity contribution in [1.82, 2.24) is 9.97 Å². The van der Waals surface area contributed by atoms with Gasteiger partial charge in [0, 0.05) is 36.0 Å². The van der Waals surface area contributed by atoms with Crippen LogP contribution in [0.5, 0.6) is 17.2 Å². The molecule has 3 rings (SSSR count). The largest absolute Gasteiger partial charge is 0.493 e. The summed E-state index contributed by atoms with van der Waals surface area (Å²) >= 11 is 0. The van der Waals surface area contributed by atoms with Crippen molar-refractivity contribution < 1.29 is 19.0 Å². The minimum Gasteiger partial charge on any atom is -0.493 e. The van der Waals surface area contributed by atoms with Gasteiger partial charge in [0.15, 0.2) is 17.3 Å². The van der Waals surface area contributed by atoms with Crippen LogP contribution in [0.4, 0.5) is 28.8 Å². The van der Waals surface area contributed by atoms with Gasteiger partial charge in [-0.25, -0.2) is 4.98 Å². The van der Waals surface area contributed by atoms with Crippen molar-refractivity contribution in [2.75, 3.05) is 37.7 Å². The van der Waals surface area contributed by atoms with Gasteiger partial charge in [0.25, 0.3) is 0 Å². The van der Waals surface area contributed by atoms with Gasteiger partial charge in [-0.15, -0.1) is 0 Å². The van der Waals surface area contributed by atoms with E-state index in [0.717, 1.165) is 0 Å². The smallest absolute Gasteiger partial charge is 0.314 e. The summed E-state index contributed by atoms with van der Waals surface area (Å²) in [4.78, 5) is 23.6. The second kappa shape index (κ2) is 9.53. The number of carbonyl (C=O) groups is 1. The maximum atomic E-state index is 11.4. The summed E-state index contributed by atoms with van der Waals surface area (Å²) in [5, 5.41) is 5.80. The summed E-state index contributed by atoms with van der Waals surface area (Å²) in [5.74, 6) is 1.39. The summed E-state index contributed by atoms with van der Waals surface area (Å²) in [6, 6.07) is 10.4. The lowest BCUT2D eigenvalue weighted by atomic mass is 10.1. The Bertz CT molecular complexity index is 1180. The molecule has 1 amide bonds. The molecular weight excluding hydrogens is 412 g/mol. The summed E-state index contributed by atoms with van der Waals surface area (Å²) < 4.78 is 16.1. The Morgan fingerprint density at radius 3 is 2.28 bits per heavy atom. The van der Waals surface area contributed by atoms with Gasteiger partial charge in [-0.05, 0) is 12.1 Å². The predicted octanol–water partition coefficient (Wildman–Crippen LogP) is 4.00. The van der Waals surface area contributed by atoms with E-state index in [1.54, 1.807) is 36.4 Å². The third kappa shape index (κ3) is 4.62. The second-order valence-corrected chi connectivity index (χ2v) is 6.54. The van der Waals surface area contributed by atoms with E-state index in [0.29, 0.717) is 39.9 Å². The predicted molar refractivity (Wildman–Crippen MR) is 122 cm³/mol. The average molecular weight is 434 g/mol. The summed E-state index contributed by atoms with van der Waals surface area (Å²) in [6.07, 6.45) is 0. The maximum absolute atomic E-state index is 11.4. The van der Waals surface area contributed by atoms with Gasteiger partial charge in [-0.3, -0.25) is 4.79 Å². The minimum atomic E-state index is -0.200. The van der Waals surface area contributed by atoms with Crippen LogP contribution in [0.15, 0.2) is 36.4 Å². The highest BCUT2D eigenvalue weighted by molar-refractivity contribution is 5.90. The van der Waals surface area contributed by atoms with Gasteiger partial charge in [0.05, 0.1) is 21.3 Å². The number of aromatic nitrogens is 2. The molecule has 1 aromatic heterocycles. The normalized spacial score (nSPS) is 10.1. The fraction of sp³-hybridized carbons (Fsp3) is 0.182. The maximum Gasteiger partial charge on any atom is 0.314 e. The molecule has 3 aromatic rings. The molecular formula is C22H22N6O4. The fourth-order valence-electron chi connectivity index (χ4n) is 3.05.